The number of fused-ring (bicyclic) bond motifs is 3. The Kier molecular flexibility index (Phi) is 4.89. The number of aromatic nitrogens is 3. The van der Waals surface area contributed by atoms with E-state index in [-0.39, 0.29) is 0 Å². The van der Waals surface area contributed by atoms with Crippen molar-refractivity contribution >= 4 is 10.9 Å². The molecule has 26 heavy (non-hydrogen) atoms. The minimum absolute atomic E-state index is 0.693. The van der Waals surface area contributed by atoms with Gasteiger partial charge in [-0.3, -0.25) is 4.90 Å². The second kappa shape index (κ2) is 7.46. The van der Waals surface area contributed by atoms with Crippen LogP contribution in [0, 0.1) is 0 Å². The van der Waals surface area contributed by atoms with Crippen molar-refractivity contribution in [3.05, 3.63) is 53.2 Å². The van der Waals surface area contributed by atoms with Gasteiger partial charge in [-0.2, -0.15) is 0 Å². The van der Waals surface area contributed by atoms with Crippen LogP contribution < -0.4 is 4.74 Å². The van der Waals surface area contributed by atoms with E-state index in [2.05, 4.69) is 38.9 Å². The summed E-state index contributed by atoms with van der Waals surface area (Å²) < 4.78 is 5.68. The van der Waals surface area contributed by atoms with Crippen LogP contribution in [-0.4, -0.2) is 33.0 Å². The van der Waals surface area contributed by atoms with Crippen molar-refractivity contribution in [3.63, 3.8) is 0 Å². The molecule has 3 aromatic rings. The van der Waals surface area contributed by atoms with Gasteiger partial charge in [0.1, 0.15) is 11.6 Å². The Morgan fingerprint density at radius 2 is 2.04 bits per heavy atom. The van der Waals surface area contributed by atoms with Crippen LogP contribution in [0.5, 0.6) is 5.75 Å². The molecule has 2 aromatic heterocycles. The normalized spacial score (nSPS) is 14.5. The highest BCUT2D eigenvalue weighted by Crippen LogP contribution is 2.31. The first-order valence-electron chi connectivity index (χ1n) is 9.55. The van der Waals surface area contributed by atoms with Gasteiger partial charge in [0, 0.05) is 67.0 Å². The number of nitrogens with zero attached hydrogens (tertiary/aromatic N) is 3. The maximum absolute atomic E-state index is 5.68. The Morgan fingerprint density at radius 1 is 1.19 bits per heavy atom. The van der Waals surface area contributed by atoms with Crippen LogP contribution in [0.15, 0.2) is 30.6 Å². The van der Waals surface area contributed by atoms with Gasteiger partial charge in [0.2, 0.25) is 0 Å². The summed E-state index contributed by atoms with van der Waals surface area (Å²) in [7, 11) is 0. The summed E-state index contributed by atoms with van der Waals surface area (Å²) in [6.45, 7) is 7.76. The molecule has 3 heterocycles. The van der Waals surface area contributed by atoms with Crippen LogP contribution in [-0.2, 0) is 25.9 Å². The Labute approximate surface area is 154 Å². The van der Waals surface area contributed by atoms with E-state index in [1.54, 1.807) is 0 Å². The predicted molar refractivity (Wildman–Crippen MR) is 103 cm³/mol. The Morgan fingerprint density at radius 3 is 2.81 bits per heavy atom. The number of ether oxygens (including phenoxy) is 1. The third kappa shape index (κ3) is 3.44. The van der Waals surface area contributed by atoms with Gasteiger partial charge in [-0.15, -0.1) is 0 Å². The second-order valence-corrected chi connectivity index (χ2v) is 6.94. The van der Waals surface area contributed by atoms with Crippen molar-refractivity contribution in [3.8, 4) is 5.75 Å². The zero-order valence-corrected chi connectivity index (χ0v) is 15.6. The third-order valence-electron chi connectivity index (χ3n) is 4.98. The molecule has 0 spiro atoms. The number of rotatable bonds is 6. The molecule has 136 valence electrons. The van der Waals surface area contributed by atoms with Gasteiger partial charge in [0.05, 0.1) is 6.61 Å². The van der Waals surface area contributed by atoms with Crippen molar-refractivity contribution in [2.24, 2.45) is 0 Å². The predicted octanol–water partition coefficient (Wildman–Crippen LogP) is 3.87. The fraction of sp³-hybridized carbons (Fsp3) is 0.429. The first-order valence-corrected chi connectivity index (χ1v) is 9.55. The molecule has 4 rings (SSSR count). The van der Waals surface area contributed by atoms with Gasteiger partial charge < -0.3 is 9.72 Å². The molecular weight excluding hydrogens is 324 g/mol. The highest BCUT2D eigenvalue weighted by molar-refractivity contribution is 5.86. The van der Waals surface area contributed by atoms with E-state index in [9.17, 15) is 0 Å². The summed E-state index contributed by atoms with van der Waals surface area (Å²) in [6.07, 6.45) is 7.04. The molecule has 0 saturated heterocycles. The molecule has 5 heteroatoms. The number of H-pyrrole nitrogens is 1. The molecular formula is C21H26N4O. The average Bonchev–Trinajstić information content (AvgIpc) is 3.01. The van der Waals surface area contributed by atoms with E-state index in [1.807, 2.05) is 25.4 Å². The zero-order valence-electron chi connectivity index (χ0n) is 15.6. The lowest BCUT2D eigenvalue weighted by Gasteiger charge is -2.27. The molecule has 0 saturated carbocycles. The van der Waals surface area contributed by atoms with Gasteiger partial charge in [-0.1, -0.05) is 6.92 Å². The van der Waals surface area contributed by atoms with E-state index in [1.165, 1.54) is 27.7 Å². The molecule has 0 bridgehead atoms. The maximum Gasteiger partial charge on any atom is 0.128 e. The summed E-state index contributed by atoms with van der Waals surface area (Å²) in [4.78, 5) is 15.0. The molecule has 0 fully saturated rings. The average molecular weight is 350 g/mol. The highest BCUT2D eigenvalue weighted by atomic mass is 16.5. The molecule has 1 aliphatic rings. The SMILES string of the molecule is CCCc1ncc(CN2CCc3[nH]c4ccc(OCC)cc4c3C2)cn1. The van der Waals surface area contributed by atoms with Crippen LogP contribution in [0.1, 0.15) is 42.9 Å². The summed E-state index contributed by atoms with van der Waals surface area (Å²) in [5.41, 5.74) is 5.14. The van der Waals surface area contributed by atoms with E-state index in [4.69, 9.17) is 4.74 Å². The molecule has 0 radical (unpaired) electrons. The van der Waals surface area contributed by atoms with Crippen LogP contribution in [0.3, 0.4) is 0 Å². The van der Waals surface area contributed by atoms with Crippen LogP contribution >= 0.6 is 0 Å². The smallest absolute Gasteiger partial charge is 0.128 e. The third-order valence-corrected chi connectivity index (χ3v) is 4.98. The van der Waals surface area contributed by atoms with Gasteiger partial charge in [-0.25, -0.2) is 9.97 Å². The first-order chi connectivity index (χ1) is 12.8. The Balaban J connectivity index is 1.52. The van der Waals surface area contributed by atoms with E-state index < -0.39 is 0 Å². The van der Waals surface area contributed by atoms with Crippen molar-refractivity contribution < 1.29 is 4.74 Å². The summed E-state index contributed by atoms with van der Waals surface area (Å²) in [5, 5.41) is 1.28. The summed E-state index contributed by atoms with van der Waals surface area (Å²) >= 11 is 0. The molecule has 5 nitrogen and oxygen atoms in total. The minimum Gasteiger partial charge on any atom is -0.494 e. The fourth-order valence-electron chi connectivity index (χ4n) is 3.71. The number of aryl methyl sites for hydroxylation is 1. The topological polar surface area (TPSA) is 54.0 Å². The minimum atomic E-state index is 0.693. The summed E-state index contributed by atoms with van der Waals surface area (Å²) in [5.74, 6) is 1.89. The highest BCUT2D eigenvalue weighted by Gasteiger charge is 2.21. The zero-order chi connectivity index (χ0) is 17.9. The molecule has 1 aliphatic heterocycles. The largest absolute Gasteiger partial charge is 0.494 e. The van der Waals surface area contributed by atoms with Crippen LogP contribution in [0.4, 0.5) is 0 Å². The van der Waals surface area contributed by atoms with Crippen LogP contribution in [0.2, 0.25) is 0 Å². The van der Waals surface area contributed by atoms with Crippen LogP contribution in [0.25, 0.3) is 10.9 Å². The monoisotopic (exact) mass is 350 g/mol. The first kappa shape index (κ1) is 17.0. The molecule has 1 N–H and O–H groups in total. The molecule has 0 atom stereocenters. The lowest BCUT2D eigenvalue weighted by atomic mass is 10.0. The molecule has 0 amide bonds. The second-order valence-electron chi connectivity index (χ2n) is 6.94. The quantitative estimate of drug-likeness (QED) is 0.733. The lowest BCUT2D eigenvalue weighted by Crippen LogP contribution is -2.29. The van der Waals surface area contributed by atoms with Crippen molar-refractivity contribution in [1.29, 1.82) is 0 Å². The maximum atomic E-state index is 5.68. The van der Waals surface area contributed by atoms with E-state index >= 15 is 0 Å². The van der Waals surface area contributed by atoms with Crippen molar-refractivity contribution in [2.75, 3.05) is 13.2 Å². The number of aromatic amines is 1. The Hall–Kier alpha value is -2.40. The number of hydrogen-bond donors (Lipinski definition) is 1. The van der Waals surface area contributed by atoms with Crippen molar-refractivity contribution in [1.82, 2.24) is 19.9 Å². The number of nitrogens with one attached hydrogen (secondary N) is 1. The standard InChI is InChI=1S/C21H26N4O/c1-3-5-21-22-11-15(12-23-21)13-25-9-8-20-18(14-25)17-10-16(26-4-2)6-7-19(17)24-20/h6-7,10-12,24H,3-5,8-9,13-14H2,1-2H3. The molecule has 1 aromatic carbocycles. The van der Waals surface area contributed by atoms with Crippen molar-refractivity contribution in [2.45, 2.75) is 46.2 Å². The van der Waals surface area contributed by atoms with Gasteiger partial charge >= 0.3 is 0 Å². The van der Waals surface area contributed by atoms with Gasteiger partial charge in [0.25, 0.3) is 0 Å². The number of hydrogen-bond acceptors (Lipinski definition) is 4. The lowest BCUT2D eigenvalue weighted by molar-refractivity contribution is 0.245. The summed E-state index contributed by atoms with van der Waals surface area (Å²) in [6, 6.07) is 6.34. The van der Waals surface area contributed by atoms with Gasteiger partial charge in [0.15, 0.2) is 0 Å². The van der Waals surface area contributed by atoms with Gasteiger partial charge in [-0.05, 0) is 37.1 Å². The Bertz CT molecular complexity index is 885. The van der Waals surface area contributed by atoms with E-state index in [0.29, 0.717) is 6.61 Å². The molecule has 0 unspecified atom stereocenters. The molecule has 0 aliphatic carbocycles. The fourth-order valence-corrected chi connectivity index (χ4v) is 3.71. The number of benzene rings is 1. The van der Waals surface area contributed by atoms with E-state index in [0.717, 1.165) is 50.5 Å².